The van der Waals surface area contributed by atoms with Gasteiger partial charge in [-0.1, -0.05) is 12.1 Å². The number of para-hydroxylation sites is 1. The van der Waals surface area contributed by atoms with E-state index in [0.29, 0.717) is 29.1 Å². The number of fused-ring (bicyclic) bond motifs is 2. The van der Waals surface area contributed by atoms with E-state index in [0.717, 1.165) is 16.3 Å². The van der Waals surface area contributed by atoms with Gasteiger partial charge in [0.15, 0.2) is 0 Å². The van der Waals surface area contributed by atoms with Crippen LogP contribution in [0.3, 0.4) is 0 Å². The molecule has 33 heavy (non-hydrogen) atoms. The van der Waals surface area contributed by atoms with Gasteiger partial charge in [-0.25, -0.2) is 18.2 Å². The van der Waals surface area contributed by atoms with Crippen molar-refractivity contribution in [1.82, 2.24) is 14.3 Å². The predicted molar refractivity (Wildman–Crippen MR) is 123 cm³/mol. The summed E-state index contributed by atoms with van der Waals surface area (Å²) in [7, 11) is -3.78. The topological polar surface area (TPSA) is 119 Å². The van der Waals surface area contributed by atoms with Gasteiger partial charge in [0, 0.05) is 30.1 Å². The molecular weight excluding hydrogens is 466 g/mol. The molecule has 1 saturated heterocycles. The first-order valence-electron chi connectivity index (χ1n) is 10.2. The molecule has 9 nitrogen and oxygen atoms in total. The van der Waals surface area contributed by atoms with Gasteiger partial charge in [-0.15, -0.1) is 11.3 Å². The van der Waals surface area contributed by atoms with Crippen molar-refractivity contribution in [2.75, 3.05) is 26.3 Å². The number of aromatic nitrogens is 2. The second-order valence-corrected chi connectivity index (χ2v) is 10.5. The average molecular weight is 486 g/mol. The normalized spacial score (nSPS) is 15.2. The molecule has 0 amide bonds. The highest BCUT2D eigenvalue weighted by Crippen LogP contribution is 2.25. The Kier molecular flexibility index (Phi) is 5.71. The largest absolute Gasteiger partial charge is 0.455 e. The Morgan fingerprint density at radius 2 is 1.94 bits per heavy atom. The van der Waals surface area contributed by atoms with Gasteiger partial charge in [0.25, 0.3) is 0 Å². The number of ether oxygens (including phenoxy) is 2. The highest BCUT2D eigenvalue weighted by Gasteiger charge is 2.27. The number of nitrogens with zero attached hydrogens (tertiary/aromatic N) is 2. The first-order valence-corrected chi connectivity index (χ1v) is 12.4. The number of hydrogen-bond donors (Lipinski definition) is 1. The van der Waals surface area contributed by atoms with Crippen LogP contribution >= 0.6 is 11.3 Å². The van der Waals surface area contributed by atoms with E-state index in [2.05, 4.69) is 9.97 Å². The van der Waals surface area contributed by atoms with E-state index >= 15 is 0 Å². The number of morpholine rings is 1. The number of benzene rings is 2. The summed E-state index contributed by atoms with van der Waals surface area (Å²) in [6, 6.07) is 13.0. The fourth-order valence-corrected chi connectivity index (χ4v) is 6.00. The van der Waals surface area contributed by atoms with Crippen LogP contribution in [0.2, 0.25) is 0 Å². The molecule has 11 heteroatoms. The van der Waals surface area contributed by atoms with E-state index in [1.807, 2.05) is 24.3 Å². The highest BCUT2D eigenvalue weighted by molar-refractivity contribution is 7.89. The lowest BCUT2D eigenvalue weighted by atomic mass is 10.1. The van der Waals surface area contributed by atoms with Crippen LogP contribution in [0.1, 0.15) is 15.4 Å². The molecular formula is C22H19N3O6S2. The van der Waals surface area contributed by atoms with E-state index in [4.69, 9.17) is 9.47 Å². The Morgan fingerprint density at radius 3 is 2.73 bits per heavy atom. The summed E-state index contributed by atoms with van der Waals surface area (Å²) in [4.78, 5) is 32.1. The minimum atomic E-state index is -3.78. The fraction of sp³-hybridized carbons (Fsp3) is 0.227. The summed E-state index contributed by atoms with van der Waals surface area (Å²) in [6.07, 6.45) is 0. The van der Waals surface area contributed by atoms with E-state index in [1.165, 1.54) is 33.8 Å². The molecule has 5 rings (SSSR count). The van der Waals surface area contributed by atoms with Crippen LogP contribution in [0, 0.1) is 0 Å². The molecule has 170 valence electrons. The summed E-state index contributed by atoms with van der Waals surface area (Å²) in [5.74, 6) is -0.730. The summed E-state index contributed by atoms with van der Waals surface area (Å²) >= 11 is 1.41. The van der Waals surface area contributed by atoms with E-state index in [1.54, 1.807) is 0 Å². The highest BCUT2D eigenvalue weighted by atomic mass is 32.2. The zero-order chi connectivity index (χ0) is 23.0. The Balaban J connectivity index is 1.46. The monoisotopic (exact) mass is 485 g/mol. The number of thiazole rings is 1. The molecule has 0 radical (unpaired) electrons. The number of esters is 1. The van der Waals surface area contributed by atoms with E-state index in [9.17, 15) is 18.0 Å². The number of nitrogens with one attached hydrogen (secondary N) is 1. The first kappa shape index (κ1) is 21.7. The Labute approximate surface area is 192 Å². The van der Waals surface area contributed by atoms with Gasteiger partial charge in [0.05, 0.1) is 33.9 Å². The van der Waals surface area contributed by atoms with Crippen molar-refractivity contribution in [1.29, 1.82) is 0 Å². The lowest BCUT2D eigenvalue weighted by Gasteiger charge is -2.26. The number of carbonyl (C=O) groups excluding carboxylic acids is 1. The van der Waals surface area contributed by atoms with Crippen LogP contribution in [-0.2, 0) is 26.1 Å². The molecule has 3 heterocycles. The minimum absolute atomic E-state index is 0.00566. The number of H-pyrrole nitrogens is 1. The lowest BCUT2D eigenvalue weighted by molar-refractivity contribution is 0.0474. The summed E-state index contributed by atoms with van der Waals surface area (Å²) < 4.78 is 39.1. The van der Waals surface area contributed by atoms with Crippen molar-refractivity contribution < 1.29 is 22.7 Å². The zero-order valence-corrected chi connectivity index (χ0v) is 18.9. The Hall–Kier alpha value is -3.12. The molecule has 1 aliphatic rings. The molecule has 1 aliphatic heterocycles. The van der Waals surface area contributed by atoms with Crippen LogP contribution in [0.15, 0.2) is 58.2 Å². The van der Waals surface area contributed by atoms with E-state index in [-0.39, 0.29) is 30.2 Å². The summed E-state index contributed by atoms with van der Waals surface area (Å²) in [5, 5.41) is 0.910. The number of sulfonamides is 1. The van der Waals surface area contributed by atoms with Gasteiger partial charge in [0.2, 0.25) is 15.6 Å². The molecule has 2 aromatic carbocycles. The second-order valence-electron chi connectivity index (χ2n) is 7.42. The molecule has 0 saturated carbocycles. The number of aromatic amines is 1. The van der Waals surface area contributed by atoms with Gasteiger partial charge in [-0.2, -0.15) is 4.31 Å². The third kappa shape index (κ3) is 4.27. The summed E-state index contributed by atoms with van der Waals surface area (Å²) in [5.41, 5.74) is 0.663. The third-order valence-corrected chi connectivity index (χ3v) is 8.21. The summed E-state index contributed by atoms with van der Waals surface area (Å²) in [6.45, 7) is 1.09. The minimum Gasteiger partial charge on any atom is -0.455 e. The zero-order valence-electron chi connectivity index (χ0n) is 17.3. The Bertz CT molecular complexity index is 1490. The maximum Gasteiger partial charge on any atom is 0.339 e. The maximum atomic E-state index is 13.1. The molecule has 1 fully saturated rings. The molecule has 4 aromatic rings. The maximum absolute atomic E-state index is 13.1. The molecule has 0 bridgehead atoms. The molecule has 2 aromatic heterocycles. The van der Waals surface area contributed by atoms with Crippen molar-refractivity contribution in [2.24, 2.45) is 0 Å². The molecule has 0 unspecified atom stereocenters. The van der Waals surface area contributed by atoms with Crippen LogP contribution in [0.4, 0.5) is 0 Å². The van der Waals surface area contributed by atoms with Crippen LogP contribution in [-0.4, -0.2) is 55.0 Å². The van der Waals surface area contributed by atoms with Gasteiger partial charge < -0.3 is 14.5 Å². The van der Waals surface area contributed by atoms with Crippen molar-refractivity contribution in [2.45, 2.75) is 11.5 Å². The smallest absolute Gasteiger partial charge is 0.339 e. The van der Waals surface area contributed by atoms with Crippen molar-refractivity contribution in [3.05, 3.63) is 69.5 Å². The third-order valence-electron chi connectivity index (χ3n) is 5.31. The van der Waals surface area contributed by atoms with Gasteiger partial charge in [-0.05, 0) is 30.3 Å². The molecule has 0 aliphatic carbocycles. The first-order chi connectivity index (χ1) is 15.9. The second kappa shape index (κ2) is 8.67. The Morgan fingerprint density at radius 1 is 1.15 bits per heavy atom. The van der Waals surface area contributed by atoms with Crippen LogP contribution < -0.4 is 5.56 Å². The number of hydrogen-bond acceptors (Lipinski definition) is 8. The number of rotatable bonds is 5. The predicted octanol–water partition coefficient (Wildman–Crippen LogP) is 2.52. The van der Waals surface area contributed by atoms with Crippen LogP contribution in [0.5, 0.6) is 0 Å². The van der Waals surface area contributed by atoms with Gasteiger partial charge >= 0.3 is 5.97 Å². The lowest BCUT2D eigenvalue weighted by Crippen LogP contribution is -2.40. The SMILES string of the molecule is O=C(OCc1nc2ccccc2s1)c1cc(=O)[nH]c2ccc(S(=O)(=O)N3CCOCC3)cc12. The molecule has 0 spiro atoms. The standard InChI is InChI=1S/C22H19N3O6S2/c26-20-12-16(22(27)31-13-21-24-18-3-1-2-4-19(18)32-21)15-11-14(5-6-17(15)23-20)33(28,29)25-7-9-30-10-8-25/h1-6,11-12H,7-10,13H2,(H,23,26). The molecule has 0 atom stereocenters. The fourth-order valence-electron chi connectivity index (χ4n) is 3.68. The average Bonchev–Trinajstić information content (AvgIpc) is 3.25. The number of pyridine rings is 1. The van der Waals surface area contributed by atoms with Gasteiger partial charge in [-0.3, -0.25) is 4.79 Å². The van der Waals surface area contributed by atoms with E-state index < -0.39 is 21.6 Å². The quantitative estimate of drug-likeness (QED) is 0.432. The van der Waals surface area contributed by atoms with Crippen LogP contribution in [0.25, 0.3) is 21.1 Å². The van der Waals surface area contributed by atoms with Crippen molar-refractivity contribution >= 4 is 48.4 Å². The molecule has 1 N–H and O–H groups in total. The van der Waals surface area contributed by atoms with Crippen molar-refractivity contribution in [3.8, 4) is 0 Å². The van der Waals surface area contributed by atoms with Gasteiger partial charge in [0.1, 0.15) is 11.6 Å². The van der Waals surface area contributed by atoms with Crippen molar-refractivity contribution in [3.63, 3.8) is 0 Å². The number of carbonyl (C=O) groups is 1.